The number of rotatable bonds is 0. The van der Waals surface area contributed by atoms with Crippen molar-refractivity contribution >= 4 is 17.0 Å². The Morgan fingerprint density at radius 1 is 1.56 bits per heavy atom. The number of hydrogen-bond acceptors (Lipinski definition) is 2. The second-order valence-electron chi connectivity index (χ2n) is 1.76. The highest BCUT2D eigenvalue weighted by Crippen LogP contribution is 2.05. The Morgan fingerprint density at radius 2 is 2.11 bits per heavy atom. The minimum absolute atomic E-state index is 0.861. The first-order valence-corrected chi connectivity index (χ1v) is 4.03. The van der Waals surface area contributed by atoms with Gasteiger partial charge in [-0.25, -0.2) is 0 Å². The summed E-state index contributed by atoms with van der Waals surface area (Å²) in [7, 11) is 0. The van der Waals surface area contributed by atoms with E-state index in [2.05, 4.69) is 13.8 Å². The van der Waals surface area contributed by atoms with E-state index in [1.54, 1.807) is 11.3 Å². The third-order valence-corrected chi connectivity index (χ3v) is 1.24. The van der Waals surface area contributed by atoms with E-state index in [1.165, 1.54) is 6.42 Å². The van der Waals surface area contributed by atoms with E-state index in [9.17, 15) is 0 Å². The van der Waals surface area contributed by atoms with Gasteiger partial charge >= 0.3 is 0 Å². The molecule has 0 aromatic carbocycles. The Labute approximate surface area is 60.5 Å². The normalized spacial score (nSPS) is 7.78. The Bertz CT molecular complexity index is 123. The van der Waals surface area contributed by atoms with Crippen molar-refractivity contribution < 1.29 is 0 Å². The van der Waals surface area contributed by atoms with Gasteiger partial charge in [0.15, 0.2) is 0 Å². The highest BCUT2D eigenvalue weighted by atomic mass is 32.1. The summed E-state index contributed by atoms with van der Waals surface area (Å²) >= 11 is 1.61. The van der Waals surface area contributed by atoms with E-state index in [0.29, 0.717) is 0 Å². The van der Waals surface area contributed by atoms with Crippen LogP contribution in [0.4, 0.5) is 5.69 Å². The maximum atomic E-state index is 5.29. The minimum atomic E-state index is 0.861. The van der Waals surface area contributed by atoms with Crippen LogP contribution in [0.1, 0.15) is 20.3 Å². The van der Waals surface area contributed by atoms with Crippen molar-refractivity contribution in [2.75, 3.05) is 5.73 Å². The largest absolute Gasteiger partial charge is 0.398 e. The van der Waals surface area contributed by atoms with Crippen LogP contribution in [0.2, 0.25) is 0 Å². The van der Waals surface area contributed by atoms with Gasteiger partial charge in [-0.15, -0.1) is 0 Å². The lowest BCUT2D eigenvalue weighted by Crippen LogP contribution is -1.74. The fourth-order valence-corrected chi connectivity index (χ4v) is 0.825. The molecule has 1 nitrogen and oxygen atoms in total. The van der Waals surface area contributed by atoms with Crippen molar-refractivity contribution in [3.05, 3.63) is 16.8 Å². The van der Waals surface area contributed by atoms with E-state index in [4.69, 9.17) is 5.73 Å². The van der Waals surface area contributed by atoms with E-state index in [1.807, 2.05) is 16.8 Å². The van der Waals surface area contributed by atoms with E-state index >= 15 is 0 Å². The van der Waals surface area contributed by atoms with Crippen molar-refractivity contribution in [2.45, 2.75) is 20.3 Å². The van der Waals surface area contributed by atoms with Gasteiger partial charge in [-0.2, -0.15) is 11.3 Å². The summed E-state index contributed by atoms with van der Waals surface area (Å²) in [4.78, 5) is 0. The second-order valence-corrected chi connectivity index (χ2v) is 2.54. The van der Waals surface area contributed by atoms with E-state index < -0.39 is 0 Å². The van der Waals surface area contributed by atoms with Crippen LogP contribution in [0.5, 0.6) is 0 Å². The van der Waals surface area contributed by atoms with E-state index in [-0.39, 0.29) is 0 Å². The monoisotopic (exact) mass is 143 g/mol. The van der Waals surface area contributed by atoms with E-state index in [0.717, 1.165) is 5.69 Å². The van der Waals surface area contributed by atoms with Crippen LogP contribution >= 0.6 is 11.3 Å². The second kappa shape index (κ2) is 5.63. The fraction of sp³-hybridized carbons (Fsp3) is 0.429. The van der Waals surface area contributed by atoms with Gasteiger partial charge in [-0.05, 0) is 11.4 Å². The van der Waals surface area contributed by atoms with Gasteiger partial charge < -0.3 is 5.73 Å². The first kappa shape index (κ1) is 8.50. The summed E-state index contributed by atoms with van der Waals surface area (Å²) in [5.74, 6) is 0. The molecule has 0 bridgehead atoms. The molecule has 0 aliphatic rings. The van der Waals surface area contributed by atoms with Crippen molar-refractivity contribution in [1.82, 2.24) is 0 Å². The molecule has 0 atom stereocenters. The molecule has 0 spiro atoms. The molecule has 0 radical (unpaired) electrons. The summed E-state index contributed by atoms with van der Waals surface area (Å²) in [6.07, 6.45) is 1.25. The Kier molecular flexibility index (Phi) is 5.32. The number of hydrogen-bond donors (Lipinski definition) is 1. The zero-order chi connectivity index (χ0) is 7.11. The summed E-state index contributed by atoms with van der Waals surface area (Å²) in [6.45, 7) is 4.25. The number of anilines is 1. The summed E-state index contributed by atoms with van der Waals surface area (Å²) in [5.41, 5.74) is 6.15. The molecule has 52 valence electrons. The highest BCUT2D eigenvalue weighted by molar-refractivity contribution is 7.08. The number of nitrogen functional groups attached to an aromatic ring is 1. The first-order chi connectivity index (χ1) is 4.31. The summed E-state index contributed by atoms with van der Waals surface area (Å²) < 4.78 is 0. The Balaban J connectivity index is 0.000000187. The topological polar surface area (TPSA) is 26.0 Å². The number of nitrogens with two attached hydrogens (primary N) is 1. The predicted molar refractivity (Wildman–Crippen MR) is 44.7 cm³/mol. The molecule has 9 heavy (non-hydrogen) atoms. The van der Waals surface area contributed by atoms with Gasteiger partial charge in [-0.3, -0.25) is 0 Å². The molecule has 0 saturated carbocycles. The summed E-state index contributed by atoms with van der Waals surface area (Å²) in [6, 6.07) is 1.88. The molecule has 1 rings (SSSR count). The average molecular weight is 143 g/mol. The molecule has 0 amide bonds. The van der Waals surface area contributed by atoms with Crippen LogP contribution < -0.4 is 5.73 Å². The quantitative estimate of drug-likeness (QED) is 0.593. The maximum absolute atomic E-state index is 5.29. The third-order valence-electron chi connectivity index (χ3n) is 0.543. The Hall–Kier alpha value is -0.500. The van der Waals surface area contributed by atoms with Crippen LogP contribution in [-0.4, -0.2) is 0 Å². The van der Waals surface area contributed by atoms with Crippen LogP contribution in [0.3, 0.4) is 0 Å². The molecule has 0 fully saturated rings. The fourth-order valence-electron chi connectivity index (χ4n) is 0.275. The lowest BCUT2D eigenvalue weighted by molar-refractivity contribution is 1.09. The van der Waals surface area contributed by atoms with Gasteiger partial charge in [0.1, 0.15) is 0 Å². The van der Waals surface area contributed by atoms with Crippen molar-refractivity contribution in [3.8, 4) is 0 Å². The molecule has 2 heteroatoms. The zero-order valence-corrected chi connectivity index (χ0v) is 6.74. The van der Waals surface area contributed by atoms with Crippen molar-refractivity contribution in [3.63, 3.8) is 0 Å². The molecule has 0 aliphatic carbocycles. The summed E-state index contributed by atoms with van der Waals surface area (Å²) in [5, 5.41) is 3.86. The Morgan fingerprint density at radius 3 is 2.22 bits per heavy atom. The molecule has 0 unspecified atom stereocenters. The van der Waals surface area contributed by atoms with Gasteiger partial charge in [0.25, 0.3) is 0 Å². The number of thiophene rings is 1. The van der Waals surface area contributed by atoms with Crippen LogP contribution in [-0.2, 0) is 0 Å². The van der Waals surface area contributed by atoms with Crippen LogP contribution in [0.25, 0.3) is 0 Å². The smallest absolute Gasteiger partial charge is 0.0422 e. The van der Waals surface area contributed by atoms with Crippen molar-refractivity contribution in [1.29, 1.82) is 0 Å². The maximum Gasteiger partial charge on any atom is 0.0422 e. The van der Waals surface area contributed by atoms with Gasteiger partial charge in [-0.1, -0.05) is 20.3 Å². The molecule has 2 N–H and O–H groups in total. The molecular weight excluding hydrogens is 130 g/mol. The minimum Gasteiger partial charge on any atom is -0.398 e. The van der Waals surface area contributed by atoms with Crippen molar-refractivity contribution in [2.24, 2.45) is 0 Å². The zero-order valence-electron chi connectivity index (χ0n) is 5.92. The van der Waals surface area contributed by atoms with Gasteiger partial charge in [0.05, 0.1) is 0 Å². The van der Waals surface area contributed by atoms with Crippen LogP contribution in [0.15, 0.2) is 16.8 Å². The lowest BCUT2D eigenvalue weighted by atomic mass is 10.6. The average Bonchev–Trinajstić information content (AvgIpc) is 2.20. The van der Waals surface area contributed by atoms with Gasteiger partial charge in [0, 0.05) is 11.1 Å². The third kappa shape index (κ3) is 5.37. The molecular formula is C7H13NS. The van der Waals surface area contributed by atoms with Crippen LogP contribution in [0, 0.1) is 0 Å². The molecule has 1 heterocycles. The highest BCUT2D eigenvalue weighted by Gasteiger charge is 1.74. The first-order valence-electron chi connectivity index (χ1n) is 3.08. The predicted octanol–water partition coefficient (Wildman–Crippen LogP) is 2.75. The molecule has 1 aromatic heterocycles. The van der Waals surface area contributed by atoms with Gasteiger partial charge in [0.2, 0.25) is 0 Å². The molecule has 0 saturated heterocycles. The SMILES string of the molecule is CCC.Nc1ccsc1. The standard InChI is InChI=1S/C4H5NS.C3H8/c5-4-1-2-6-3-4;1-3-2/h1-3H,5H2;3H2,1-2H3. The molecule has 1 aromatic rings. The molecule has 0 aliphatic heterocycles. The lowest BCUT2D eigenvalue weighted by Gasteiger charge is -1.68.